The first kappa shape index (κ1) is 22.0. The molecule has 0 aromatic heterocycles. The average Bonchev–Trinajstić information content (AvgIpc) is 2.70. The van der Waals surface area contributed by atoms with Crippen molar-refractivity contribution >= 4 is 11.9 Å². The molecule has 1 heterocycles. The third-order valence-corrected chi connectivity index (χ3v) is 5.29. The quantitative estimate of drug-likeness (QED) is 0.305. The van der Waals surface area contributed by atoms with Gasteiger partial charge in [-0.05, 0) is 38.0 Å². The largest absolute Gasteiger partial charge is 0.381 e. The fourth-order valence-corrected chi connectivity index (χ4v) is 3.61. The highest BCUT2D eigenvalue weighted by atomic mass is 16.5. The molecule has 0 aromatic carbocycles. The third-order valence-electron chi connectivity index (χ3n) is 5.29. The van der Waals surface area contributed by atoms with Crippen molar-refractivity contribution in [3.8, 4) is 0 Å². The van der Waals surface area contributed by atoms with Gasteiger partial charge in [-0.25, -0.2) is 0 Å². The molecule has 0 unspecified atom stereocenters. The molecule has 7 heteroatoms. The second-order valence-electron chi connectivity index (χ2n) is 7.56. The maximum Gasteiger partial charge on any atom is 0.221 e. The summed E-state index contributed by atoms with van der Waals surface area (Å²) in [5.41, 5.74) is 0. The van der Waals surface area contributed by atoms with E-state index in [0.29, 0.717) is 24.9 Å². The van der Waals surface area contributed by atoms with Crippen LogP contribution in [0, 0.1) is 5.92 Å². The average molecular weight is 383 g/mol. The molecule has 2 rings (SSSR count). The molecule has 7 nitrogen and oxygen atoms in total. The number of guanidine groups is 1. The zero-order valence-corrected chi connectivity index (χ0v) is 16.9. The van der Waals surface area contributed by atoms with E-state index in [0.717, 1.165) is 71.0 Å². The molecule has 3 N–H and O–H groups in total. The predicted octanol–water partition coefficient (Wildman–Crippen LogP) is 1.82. The first-order valence-electron chi connectivity index (χ1n) is 10.7. The molecule has 1 saturated carbocycles. The van der Waals surface area contributed by atoms with E-state index in [1.807, 2.05) is 0 Å². The Morgan fingerprint density at radius 1 is 1.07 bits per heavy atom. The minimum Gasteiger partial charge on any atom is -0.381 e. The second-order valence-corrected chi connectivity index (χ2v) is 7.56. The van der Waals surface area contributed by atoms with E-state index in [1.54, 1.807) is 7.05 Å². The van der Waals surface area contributed by atoms with E-state index >= 15 is 0 Å². The van der Waals surface area contributed by atoms with Gasteiger partial charge >= 0.3 is 0 Å². The van der Waals surface area contributed by atoms with Crippen LogP contribution in [0.2, 0.25) is 0 Å². The van der Waals surface area contributed by atoms with Crippen LogP contribution in [0.25, 0.3) is 0 Å². The number of ether oxygens (including phenoxy) is 2. The molecule has 156 valence electrons. The van der Waals surface area contributed by atoms with Crippen molar-refractivity contribution in [1.29, 1.82) is 0 Å². The number of carbonyl (C=O) groups is 1. The van der Waals surface area contributed by atoms with E-state index in [2.05, 4.69) is 20.9 Å². The van der Waals surface area contributed by atoms with Crippen LogP contribution in [-0.4, -0.2) is 64.5 Å². The van der Waals surface area contributed by atoms with E-state index in [-0.39, 0.29) is 5.91 Å². The van der Waals surface area contributed by atoms with Gasteiger partial charge in [0.15, 0.2) is 5.96 Å². The number of aliphatic imine (C=N–C) groups is 1. The Hall–Kier alpha value is -1.34. The van der Waals surface area contributed by atoms with Crippen LogP contribution in [-0.2, 0) is 14.3 Å². The number of rotatable bonds is 10. The smallest absolute Gasteiger partial charge is 0.221 e. The Bertz CT molecular complexity index is 433. The third kappa shape index (κ3) is 9.96. The Balaban J connectivity index is 1.44. The van der Waals surface area contributed by atoms with Gasteiger partial charge in [-0.2, -0.15) is 0 Å². The van der Waals surface area contributed by atoms with Crippen molar-refractivity contribution in [2.24, 2.45) is 10.9 Å². The van der Waals surface area contributed by atoms with Crippen LogP contribution in [0.4, 0.5) is 0 Å². The van der Waals surface area contributed by atoms with Gasteiger partial charge in [0.25, 0.3) is 0 Å². The van der Waals surface area contributed by atoms with E-state index in [9.17, 15) is 4.79 Å². The molecule has 1 aliphatic heterocycles. The highest BCUT2D eigenvalue weighted by Crippen LogP contribution is 2.17. The number of hydrogen-bond acceptors (Lipinski definition) is 4. The topological polar surface area (TPSA) is 84.0 Å². The molecule has 0 spiro atoms. The number of amides is 1. The Morgan fingerprint density at radius 3 is 2.56 bits per heavy atom. The molecule has 0 radical (unpaired) electrons. The van der Waals surface area contributed by atoms with E-state index in [4.69, 9.17) is 9.47 Å². The minimum atomic E-state index is 0.131. The SMILES string of the molecule is CN=C(NCCCOCC1CCOCC1)NCCC(=O)NC1CCCCC1. The lowest BCUT2D eigenvalue weighted by Gasteiger charge is -2.22. The Kier molecular flexibility index (Phi) is 11.2. The number of nitrogens with zero attached hydrogens (tertiary/aromatic N) is 1. The number of hydrogen-bond donors (Lipinski definition) is 3. The molecule has 1 saturated heterocycles. The molecular weight excluding hydrogens is 344 g/mol. The predicted molar refractivity (Wildman–Crippen MR) is 108 cm³/mol. The number of nitrogens with one attached hydrogen (secondary N) is 3. The number of carbonyl (C=O) groups excluding carboxylic acids is 1. The monoisotopic (exact) mass is 382 g/mol. The summed E-state index contributed by atoms with van der Waals surface area (Å²) < 4.78 is 11.1. The van der Waals surface area contributed by atoms with E-state index < -0.39 is 0 Å². The summed E-state index contributed by atoms with van der Waals surface area (Å²) in [5.74, 6) is 1.53. The molecule has 1 aliphatic carbocycles. The van der Waals surface area contributed by atoms with Gasteiger partial charge in [0.1, 0.15) is 0 Å². The zero-order chi connectivity index (χ0) is 19.2. The lowest BCUT2D eigenvalue weighted by Crippen LogP contribution is -2.41. The molecule has 1 amide bonds. The minimum absolute atomic E-state index is 0.131. The van der Waals surface area contributed by atoms with Crippen LogP contribution in [0.15, 0.2) is 4.99 Å². The van der Waals surface area contributed by atoms with Gasteiger partial charge in [0, 0.05) is 59.0 Å². The lowest BCUT2D eigenvalue weighted by atomic mass is 9.95. The summed E-state index contributed by atoms with van der Waals surface area (Å²) in [6.45, 7) is 4.74. The van der Waals surface area contributed by atoms with Crippen molar-refractivity contribution in [3.05, 3.63) is 0 Å². The van der Waals surface area contributed by atoms with Gasteiger partial charge in [-0.3, -0.25) is 9.79 Å². The summed E-state index contributed by atoms with van der Waals surface area (Å²) in [6.07, 6.45) is 9.66. The highest BCUT2D eigenvalue weighted by molar-refractivity contribution is 5.81. The van der Waals surface area contributed by atoms with Crippen LogP contribution < -0.4 is 16.0 Å². The zero-order valence-electron chi connectivity index (χ0n) is 16.9. The van der Waals surface area contributed by atoms with Gasteiger partial charge in [-0.15, -0.1) is 0 Å². The normalized spacial score (nSPS) is 19.7. The standard InChI is InChI=1S/C20H38N4O3/c1-21-20(22-11-5-13-27-16-17-9-14-26-15-10-17)23-12-8-19(25)24-18-6-3-2-4-7-18/h17-18H,2-16H2,1H3,(H,24,25)(H2,21,22,23). The van der Waals surface area contributed by atoms with Crippen molar-refractivity contribution in [2.45, 2.75) is 63.8 Å². The van der Waals surface area contributed by atoms with Crippen molar-refractivity contribution < 1.29 is 14.3 Å². The van der Waals surface area contributed by atoms with Crippen LogP contribution >= 0.6 is 0 Å². The second kappa shape index (κ2) is 13.8. The maximum atomic E-state index is 12.0. The Labute approximate surface area is 164 Å². The fraction of sp³-hybridized carbons (Fsp3) is 0.900. The molecule has 27 heavy (non-hydrogen) atoms. The Morgan fingerprint density at radius 2 is 1.81 bits per heavy atom. The van der Waals surface area contributed by atoms with Gasteiger partial charge < -0.3 is 25.4 Å². The summed E-state index contributed by atoms with van der Waals surface area (Å²) in [4.78, 5) is 16.2. The fourth-order valence-electron chi connectivity index (χ4n) is 3.61. The van der Waals surface area contributed by atoms with Gasteiger partial charge in [0.2, 0.25) is 5.91 Å². The molecule has 0 bridgehead atoms. The summed E-state index contributed by atoms with van der Waals surface area (Å²) in [5, 5.41) is 9.61. The first-order chi connectivity index (χ1) is 13.3. The van der Waals surface area contributed by atoms with Crippen molar-refractivity contribution in [1.82, 2.24) is 16.0 Å². The van der Waals surface area contributed by atoms with Crippen LogP contribution in [0.5, 0.6) is 0 Å². The maximum absolute atomic E-state index is 12.0. The van der Waals surface area contributed by atoms with Crippen LogP contribution in [0.3, 0.4) is 0 Å². The summed E-state index contributed by atoms with van der Waals surface area (Å²) in [7, 11) is 1.75. The first-order valence-corrected chi connectivity index (χ1v) is 10.7. The van der Waals surface area contributed by atoms with Gasteiger partial charge in [0.05, 0.1) is 0 Å². The summed E-state index contributed by atoms with van der Waals surface area (Å²) in [6, 6.07) is 0.379. The summed E-state index contributed by atoms with van der Waals surface area (Å²) >= 11 is 0. The molecule has 2 fully saturated rings. The molecule has 0 aromatic rings. The van der Waals surface area contributed by atoms with Crippen molar-refractivity contribution in [3.63, 3.8) is 0 Å². The molecular formula is C20H38N4O3. The lowest BCUT2D eigenvalue weighted by molar-refractivity contribution is -0.121. The molecule has 0 atom stereocenters. The molecule has 2 aliphatic rings. The van der Waals surface area contributed by atoms with E-state index in [1.165, 1.54) is 19.3 Å². The van der Waals surface area contributed by atoms with Crippen molar-refractivity contribution in [2.75, 3.05) is 46.6 Å². The van der Waals surface area contributed by atoms with Crippen LogP contribution in [0.1, 0.15) is 57.8 Å². The van der Waals surface area contributed by atoms with Gasteiger partial charge in [-0.1, -0.05) is 19.3 Å². The highest BCUT2D eigenvalue weighted by Gasteiger charge is 2.15.